The molecular formula is C11H16N4OS. The van der Waals surface area contributed by atoms with Gasteiger partial charge in [-0.25, -0.2) is 0 Å². The van der Waals surface area contributed by atoms with Crippen molar-refractivity contribution in [2.75, 3.05) is 25.5 Å². The summed E-state index contributed by atoms with van der Waals surface area (Å²) >= 11 is 4.97. The number of nitrogens with zero attached hydrogens (tertiary/aromatic N) is 2. The van der Waals surface area contributed by atoms with Gasteiger partial charge in [0, 0.05) is 38.8 Å². The van der Waals surface area contributed by atoms with Gasteiger partial charge in [0.15, 0.2) is 0 Å². The zero-order valence-corrected chi connectivity index (χ0v) is 10.8. The van der Waals surface area contributed by atoms with Gasteiger partial charge in [0.25, 0.3) is 0 Å². The Morgan fingerprint density at radius 3 is 2.94 bits per heavy atom. The van der Waals surface area contributed by atoms with Crippen LogP contribution in [-0.2, 0) is 4.79 Å². The number of hydrogen-bond donors (Lipinski definition) is 2. The van der Waals surface area contributed by atoms with Crippen LogP contribution in [0.5, 0.6) is 0 Å². The predicted octanol–water partition coefficient (Wildman–Crippen LogP) is 0.288. The molecule has 5 nitrogen and oxygen atoms in total. The number of nitrogens with two attached hydrogens (primary N) is 1. The molecule has 0 aliphatic heterocycles. The van der Waals surface area contributed by atoms with Crippen molar-refractivity contribution in [3.8, 4) is 0 Å². The minimum absolute atomic E-state index is 0.00221. The van der Waals surface area contributed by atoms with E-state index in [9.17, 15) is 4.79 Å². The Kier molecular flexibility index (Phi) is 4.84. The molecule has 1 heterocycles. The van der Waals surface area contributed by atoms with Gasteiger partial charge in [-0.1, -0.05) is 12.2 Å². The molecule has 3 N–H and O–H groups in total. The summed E-state index contributed by atoms with van der Waals surface area (Å²) in [5.41, 5.74) is 7.24. The normalized spacial score (nSPS) is 9.76. The van der Waals surface area contributed by atoms with Gasteiger partial charge in [0.05, 0.1) is 11.9 Å². The lowest BCUT2D eigenvalue weighted by atomic mass is 10.2. The Balaban J connectivity index is 2.78. The van der Waals surface area contributed by atoms with Gasteiger partial charge in [-0.2, -0.15) is 0 Å². The molecule has 0 saturated heterocycles. The average molecular weight is 252 g/mol. The van der Waals surface area contributed by atoms with E-state index >= 15 is 0 Å². The zero-order valence-electron chi connectivity index (χ0n) is 9.93. The van der Waals surface area contributed by atoms with Gasteiger partial charge in [-0.15, -0.1) is 0 Å². The molecule has 1 rings (SSSR count). The lowest BCUT2D eigenvalue weighted by Gasteiger charge is -2.21. The highest BCUT2D eigenvalue weighted by Gasteiger charge is 2.10. The van der Waals surface area contributed by atoms with E-state index in [1.807, 2.05) is 11.9 Å². The van der Waals surface area contributed by atoms with E-state index in [0.29, 0.717) is 18.0 Å². The number of nitrogens with one attached hydrogen (secondary N) is 1. The fourth-order valence-electron chi connectivity index (χ4n) is 1.41. The van der Waals surface area contributed by atoms with E-state index in [4.69, 9.17) is 18.0 Å². The van der Waals surface area contributed by atoms with E-state index in [-0.39, 0.29) is 5.91 Å². The first kappa shape index (κ1) is 13.4. The second-order valence-electron chi connectivity index (χ2n) is 3.60. The highest BCUT2D eigenvalue weighted by Crippen LogP contribution is 2.17. The van der Waals surface area contributed by atoms with Crippen LogP contribution in [0.15, 0.2) is 18.5 Å². The van der Waals surface area contributed by atoms with Gasteiger partial charge in [0.2, 0.25) is 5.91 Å². The van der Waals surface area contributed by atoms with Gasteiger partial charge in [-0.3, -0.25) is 9.78 Å². The van der Waals surface area contributed by atoms with Gasteiger partial charge < -0.3 is 16.0 Å². The summed E-state index contributed by atoms with van der Waals surface area (Å²) in [4.78, 5) is 17.4. The number of amides is 1. The van der Waals surface area contributed by atoms with Gasteiger partial charge in [-0.05, 0) is 6.07 Å². The van der Waals surface area contributed by atoms with E-state index < -0.39 is 0 Å². The maximum absolute atomic E-state index is 11.2. The Hall–Kier alpha value is -1.69. The molecule has 1 amide bonds. The lowest BCUT2D eigenvalue weighted by Crippen LogP contribution is -2.28. The topological polar surface area (TPSA) is 71.2 Å². The maximum atomic E-state index is 11.2. The first-order valence-electron chi connectivity index (χ1n) is 5.21. The Morgan fingerprint density at radius 1 is 1.65 bits per heavy atom. The number of carbonyl (C=O) groups excluding carboxylic acids is 1. The van der Waals surface area contributed by atoms with Gasteiger partial charge >= 0.3 is 0 Å². The molecule has 0 fully saturated rings. The summed E-state index contributed by atoms with van der Waals surface area (Å²) in [6.07, 6.45) is 3.75. The molecule has 1 aromatic heterocycles. The van der Waals surface area contributed by atoms with Crippen molar-refractivity contribution in [3.05, 3.63) is 24.0 Å². The molecule has 0 aliphatic carbocycles. The first-order valence-corrected chi connectivity index (χ1v) is 5.62. The monoisotopic (exact) mass is 252 g/mol. The van der Waals surface area contributed by atoms with Crippen LogP contribution < -0.4 is 16.0 Å². The number of carbonyl (C=O) groups is 1. The Morgan fingerprint density at radius 2 is 2.35 bits per heavy atom. The quantitative estimate of drug-likeness (QED) is 0.737. The van der Waals surface area contributed by atoms with E-state index in [1.165, 1.54) is 0 Å². The fourth-order valence-corrected chi connectivity index (χ4v) is 1.59. The Bertz CT molecular complexity index is 422. The molecule has 0 radical (unpaired) electrons. The smallest absolute Gasteiger partial charge is 0.221 e. The van der Waals surface area contributed by atoms with Crippen molar-refractivity contribution in [2.24, 2.45) is 5.73 Å². The number of rotatable bonds is 5. The third kappa shape index (κ3) is 3.67. The second-order valence-corrected chi connectivity index (χ2v) is 4.04. The van der Waals surface area contributed by atoms with Crippen LogP contribution in [0, 0.1) is 0 Å². The van der Waals surface area contributed by atoms with Crippen LogP contribution in [0.4, 0.5) is 5.69 Å². The fraction of sp³-hybridized carbons (Fsp3) is 0.364. The number of anilines is 1. The highest BCUT2D eigenvalue weighted by atomic mass is 32.1. The molecule has 92 valence electrons. The van der Waals surface area contributed by atoms with Crippen molar-refractivity contribution >= 4 is 28.8 Å². The molecule has 0 saturated carbocycles. The summed E-state index contributed by atoms with van der Waals surface area (Å²) < 4.78 is 0. The van der Waals surface area contributed by atoms with Crippen LogP contribution >= 0.6 is 12.2 Å². The minimum Gasteiger partial charge on any atom is -0.389 e. The number of hydrogen-bond acceptors (Lipinski definition) is 4. The largest absolute Gasteiger partial charge is 0.389 e. The summed E-state index contributed by atoms with van der Waals surface area (Å²) in [6, 6.07) is 1.77. The molecular weight excluding hydrogens is 236 g/mol. The summed E-state index contributed by atoms with van der Waals surface area (Å²) in [5.74, 6) is -0.00221. The van der Waals surface area contributed by atoms with Crippen LogP contribution in [0.3, 0.4) is 0 Å². The molecule has 0 aliphatic rings. The van der Waals surface area contributed by atoms with Crippen molar-refractivity contribution in [1.29, 1.82) is 0 Å². The van der Waals surface area contributed by atoms with Crippen molar-refractivity contribution in [1.82, 2.24) is 10.3 Å². The van der Waals surface area contributed by atoms with Crippen molar-refractivity contribution in [2.45, 2.75) is 6.42 Å². The van der Waals surface area contributed by atoms with E-state index in [1.54, 1.807) is 25.5 Å². The molecule has 0 bridgehead atoms. The highest BCUT2D eigenvalue weighted by molar-refractivity contribution is 7.80. The molecule has 0 spiro atoms. The van der Waals surface area contributed by atoms with E-state index in [2.05, 4.69) is 10.3 Å². The lowest BCUT2D eigenvalue weighted by molar-refractivity contribution is -0.120. The predicted molar refractivity (Wildman–Crippen MR) is 72.1 cm³/mol. The second kappa shape index (κ2) is 6.15. The van der Waals surface area contributed by atoms with E-state index in [0.717, 1.165) is 11.3 Å². The van der Waals surface area contributed by atoms with Crippen LogP contribution in [0.2, 0.25) is 0 Å². The average Bonchev–Trinajstić information content (AvgIpc) is 2.35. The molecule has 0 atom stereocenters. The SMILES string of the molecule is CNC(=O)CCN(C)c1cnccc1C(N)=S. The standard InChI is InChI=1S/C11H16N4OS/c1-13-10(16)4-6-15(2)9-7-14-5-3-8(9)11(12)17/h3,5,7H,4,6H2,1-2H3,(H2,12,17)(H,13,16). The Labute approximate surface area is 106 Å². The van der Waals surface area contributed by atoms with Crippen molar-refractivity contribution < 1.29 is 4.79 Å². The summed E-state index contributed by atoms with van der Waals surface area (Å²) in [6.45, 7) is 0.584. The molecule has 6 heteroatoms. The molecule has 0 unspecified atom stereocenters. The maximum Gasteiger partial charge on any atom is 0.221 e. The van der Waals surface area contributed by atoms with Gasteiger partial charge in [0.1, 0.15) is 4.99 Å². The zero-order chi connectivity index (χ0) is 12.8. The van der Waals surface area contributed by atoms with Crippen LogP contribution in [0.25, 0.3) is 0 Å². The molecule has 1 aromatic rings. The van der Waals surface area contributed by atoms with Crippen molar-refractivity contribution in [3.63, 3.8) is 0 Å². The number of pyridine rings is 1. The van der Waals surface area contributed by atoms with Crippen LogP contribution in [-0.4, -0.2) is 36.5 Å². The third-order valence-electron chi connectivity index (χ3n) is 2.43. The third-order valence-corrected chi connectivity index (χ3v) is 2.65. The van der Waals surface area contributed by atoms with Crippen LogP contribution in [0.1, 0.15) is 12.0 Å². The summed E-state index contributed by atoms with van der Waals surface area (Å²) in [5, 5.41) is 2.58. The molecule has 17 heavy (non-hydrogen) atoms. The number of aromatic nitrogens is 1. The first-order chi connectivity index (χ1) is 8.06. The summed E-state index contributed by atoms with van der Waals surface area (Å²) in [7, 11) is 3.49. The molecule has 0 aromatic carbocycles. The minimum atomic E-state index is -0.00221. The number of thiocarbonyl (C=S) groups is 1.